The summed E-state index contributed by atoms with van der Waals surface area (Å²) >= 11 is 6.30. The number of hydrogen-bond acceptors (Lipinski definition) is 6. The number of aryl methyl sites for hydroxylation is 1. The zero-order chi connectivity index (χ0) is 25.8. The predicted molar refractivity (Wildman–Crippen MR) is 137 cm³/mol. The highest BCUT2D eigenvalue weighted by Crippen LogP contribution is 2.33. The average molecular weight is 510 g/mol. The molecule has 0 unspecified atom stereocenters. The molecule has 8 nitrogen and oxygen atoms in total. The van der Waals surface area contributed by atoms with Crippen LogP contribution in [0.1, 0.15) is 65.3 Å². The van der Waals surface area contributed by atoms with Gasteiger partial charge in [-0.15, -0.1) is 0 Å². The number of carbonyl (C=O) groups is 4. The quantitative estimate of drug-likeness (QED) is 0.402. The lowest BCUT2D eigenvalue weighted by Crippen LogP contribution is -2.42. The van der Waals surface area contributed by atoms with E-state index in [9.17, 15) is 19.2 Å². The number of rotatable bonds is 7. The molecule has 1 heterocycles. The number of halogens is 1. The number of imide groups is 1. The summed E-state index contributed by atoms with van der Waals surface area (Å²) in [6.45, 7) is 3.84. The zero-order valence-corrected chi connectivity index (χ0v) is 21.0. The molecule has 0 aromatic heterocycles. The molecule has 2 aromatic carbocycles. The minimum atomic E-state index is -0.478. The largest absolute Gasteiger partial charge is 0.462 e. The molecule has 0 radical (unpaired) electrons. The van der Waals surface area contributed by atoms with Gasteiger partial charge in [0.05, 0.1) is 12.2 Å². The van der Waals surface area contributed by atoms with Crippen molar-refractivity contribution in [2.45, 2.75) is 52.0 Å². The Morgan fingerprint density at radius 1 is 1.00 bits per heavy atom. The Labute approximate surface area is 214 Å². The van der Waals surface area contributed by atoms with E-state index in [4.69, 9.17) is 16.3 Å². The van der Waals surface area contributed by atoms with Crippen molar-refractivity contribution in [2.24, 2.45) is 0 Å². The number of carbonyl (C=O) groups excluding carboxylic acids is 4. The van der Waals surface area contributed by atoms with Crippen LogP contribution < -0.4 is 10.6 Å². The summed E-state index contributed by atoms with van der Waals surface area (Å²) in [5, 5.41) is 5.65. The van der Waals surface area contributed by atoms with Crippen molar-refractivity contribution in [1.29, 1.82) is 0 Å². The summed E-state index contributed by atoms with van der Waals surface area (Å²) < 4.78 is 4.97. The van der Waals surface area contributed by atoms with Crippen LogP contribution in [0.2, 0.25) is 0 Å². The monoisotopic (exact) mass is 509 g/mol. The van der Waals surface area contributed by atoms with Crippen molar-refractivity contribution in [1.82, 2.24) is 4.90 Å². The highest BCUT2D eigenvalue weighted by Gasteiger charge is 2.42. The molecule has 36 heavy (non-hydrogen) atoms. The van der Waals surface area contributed by atoms with Gasteiger partial charge in [0.15, 0.2) is 0 Å². The Bertz CT molecular complexity index is 1230. The van der Waals surface area contributed by atoms with E-state index >= 15 is 0 Å². The molecule has 0 spiro atoms. The predicted octanol–water partition coefficient (Wildman–Crippen LogP) is 4.99. The topological polar surface area (TPSA) is 105 Å². The third kappa shape index (κ3) is 5.28. The normalized spacial score (nSPS) is 16.4. The van der Waals surface area contributed by atoms with E-state index in [1.165, 1.54) is 4.90 Å². The number of ether oxygens (including phenoxy) is 1. The number of esters is 1. The molecule has 1 saturated carbocycles. The maximum atomic E-state index is 13.1. The van der Waals surface area contributed by atoms with Crippen molar-refractivity contribution in [3.8, 4) is 0 Å². The smallest absolute Gasteiger partial charge is 0.338 e. The molecule has 2 aliphatic rings. The second-order valence-corrected chi connectivity index (χ2v) is 9.25. The van der Waals surface area contributed by atoms with E-state index < -0.39 is 17.8 Å². The lowest BCUT2D eigenvalue weighted by molar-refractivity contribution is -0.140. The molecule has 0 bridgehead atoms. The van der Waals surface area contributed by atoms with E-state index in [0.717, 1.165) is 37.7 Å². The first-order valence-corrected chi connectivity index (χ1v) is 12.4. The molecule has 2 aromatic rings. The van der Waals surface area contributed by atoms with Crippen molar-refractivity contribution >= 4 is 46.7 Å². The van der Waals surface area contributed by atoms with Crippen molar-refractivity contribution in [2.75, 3.05) is 17.2 Å². The molecule has 1 fully saturated rings. The van der Waals surface area contributed by atoms with Gasteiger partial charge in [0, 0.05) is 23.0 Å². The van der Waals surface area contributed by atoms with Gasteiger partial charge in [-0.25, -0.2) is 4.79 Å². The maximum Gasteiger partial charge on any atom is 0.338 e. The number of nitrogens with zero attached hydrogens (tertiary/aromatic N) is 1. The fourth-order valence-electron chi connectivity index (χ4n) is 4.44. The van der Waals surface area contributed by atoms with Gasteiger partial charge >= 0.3 is 5.97 Å². The van der Waals surface area contributed by atoms with Crippen molar-refractivity contribution in [3.05, 3.63) is 69.9 Å². The third-order valence-electron chi connectivity index (χ3n) is 6.41. The Hall–Kier alpha value is -3.65. The van der Waals surface area contributed by atoms with Crippen LogP contribution in [0.25, 0.3) is 0 Å². The van der Waals surface area contributed by atoms with Gasteiger partial charge in [-0.3, -0.25) is 19.3 Å². The second-order valence-electron chi connectivity index (χ2n) is 8.87. The van der Waals surface area contributed by atoms with Gasteiger partial charge in [-0.2, -0.15) is 0 Å². The lowest BCUT2D eigenvalue weighted by Gasteiger charge is -2.29. The van der Waals surface area contributed by atoms with Crippen LogP contribution in [0.5, 0.6) is 0 Å². The molecule has 4 rings (SSSR count). The van der Waals surface area contributed by atoms with Crippen LogP contribution in [0.4, 0.5) is 11.4 Å². The minimum absolute atomic E-state index is 0.0300. The van der Waals surface area contributed by atoms with Gasteiger partial charge in [-0.1, -0.05) is 36.9 Å². The van der Waals surface area contributed by atoms with E-state index in [-0.39, 0.29) is 29.3 Å². The number of hydrogen-bond donors (Lipinski definition) is 2. The second kappa shape index (κ2) is 11.0. The van der Waals surface area contributed by atoms with E-state index in [1.54, 1.807) is 49.4 Å². The number of amides is 3. The van der Waals surface area contributed by atoms with Gasteiger partial charge < -0.3 is 15.4 Å². The van der Waals surface area contributed by atoms with Crippen LogP contribution in [0.15, 0.2) is 53.2 Å². The lowest BCUT2D eigenvalue weighted by atomic mass is 9.94. The molecular weight excluding hydrogens is 482 g/mol. The van der Waals surface area contributed by atoms with Crippen LogP contribution in [-0.4, -0.2) is 41.2 Å². The Morgan fingerprint density at radius 2 is 1.67 bits per heavy atom. The highest BCUT2D eigenvalue weighted by molar-refractivity contribution is 6.48. The molecule has 0 atom stereocenters. The van der Waals surface area contributed by atoms with Crippen LogP contribution in [0, 0.1) is 6.92 Å². The molecule has 3 amide bonds. The first kappa shape index (κ1) is 25.4. The summed E-state index contributed by atoms with van der Waals surface area (Å²) in [4.78, 5) is 51.8. The van der Waals surface area contributed by atoms with Gasteiger partial charge in [0.1, 0.15) is 10.7 Å². The fourth-order valence-corrected chi connectivity index (χ4v) is 4.66. The zero-order valence-electron chi connectivity index (χ0n) is 20.2. The van der Waals surface area contributed by atoms with Gasteiger partial charge in [0.25, 0.3) is 17.7 Å². The van der Waals surface area contributed by atoms with Crippen molar-refractivity contribution < 1.29 is 23.9 Å². The third-order valence-corrected chi connectivity index (χ3v) is 6.76. The van der Waals surface area contributed by atoms with Crippen molar-refractivity contribution in [3.63, 3.8) is 0 Å². The Morgan fingerprint density at radius 3 is 2.33 bits per heavy atom. The van der Waals surface area contributed by atoms with Crippen LogP contribution >= 0.6 is 11.6 Å². The SMILES string of the molecule is CCOC(=O)c1ccc(NC(=O)c2ccc(C)c(NC3=C(Cl)C(=O)N(C4CCCCC4)C3=O)c2)cc1. The summed E-state index contributed by atoms with van der Waals surface area (Å²) in [7, 11) is 0. The highest BCUT2D eigenvalue weighted by atomic mass is 35.5. The minimum Gasteiger partial charge on any atom is -0.462 e. The van der Waals surface area contributed by atoms with Gasteiger partial charge in [-0.05, 0) is 68.7 Å². The Kier molecular flexibility index (Phi) is 7.74. The maximum absolute atomic E-state index is 13.1. The van der Waals surface area contributed by atoms with Gasteiger partial charge in [0.2, 0.25) is 0 Å². The first-order valence-electron chi connectivity index (χ1n) is 12.0. The van der Waals surface area contributed by atoms with E-state index in [0.29, 0.717) is 22.5 Å². The molecule has 1 aliphatic carbocycles. The molecule has 2 N–H and O–H groups in total. The average Bonchev–Trinajstić information content (AvgIpc) is 3.09. The molecule has 1 aliphatic heterocycles. The molecule has 0 saturated heterocycles. The number of benzene rings is 2. The summed E-state index contributed by atoms with van der Waals surface area (Å²) in [5.74, 6) is -1.72. The molecular formula is C27H28ClN3O5. The van der Waals surface area contributed by atoms with E-state index in [2.05, 4.69) is 10.6 Å². The number of nitrogens with one attached hydrogen (secondary N) is 2. The standard InChI is InChI=1S/C27H28ClN3O5/c1-3-36-27(35)17-11-13-19(14-12-17)29-24(32)18-10-9-16(2)21(15-18)30-23-22(28)25(33)31(26(23)34)20-7-5-4-6-8-20/h9-15,20,30H,3-8H2,1-2H3,(H,29,32). The number of anilines is 2. The van der Waals surface area contributed by atoms with E-state index in [1.807, 2.05) is 6.92 Å². The van der Waals surface area contributed by atoms with Crippen LogP contribution in [0.3, 0.4) is 0 Å². The fraction of sp³-hybridized carbons (Fsp3) is 0.333. The summed E-state index contributed by atoms with van der Waals surface area (Å²) in [6.07, 6.45) is 4.62. The first-order chi connectivity index (χ1) is 17.3. The Balaban J connectivity index is 1.48. The molecule has 188 valence electrons. The van der Waals surface area contributed by atoms with Crippen LogP contribution in [-0.2, 0) is 14.3 Å². The summed E-state index contributed by atoms with van der Waals surface area (Å²) in [6, 6.07) is 11.3. The summed E-state index contributed by atoms with van der Waals surface area (Å²) in [5.41, 5.74) is 2.55. The molecule has 9 heteroatoms.